The molecule has 0 amide bonds. The molecule has 3 rings (SSSR count). The fourth-order valence-corrected chi connectivity index (χ4v) is 2.77. The number of pyridine rings is 1. The number of aromatic nitrogens is 3. The van der Waals surface area contributed by atoms with Gasteiger partial charge in [-0.2, -0.15) is 5.26 Å². The summed E-state index contributed by atoms with van der Waals surface area (Å²) in [6, 6.07) is 11.9. The molecule has 0 spiro atoms. The number of hydrogen-bond acceptors (Lipinski definition) is 7. The Bertz CT molecular complexity index is 1120. The number of rotatable bonds is 6. The summed E-state index contributed by atoms with van der Waals surface area (Å²) in [4.78, 5) is 33.7. The molecule has 1 aromatic carbocycles. The van der Waals surface area contributed by atoms with E-state index in [0.29, 0.717) is 22.5 Å². The average Bonchev–Trinajstić information content (AvgIpc) is 2.71. The highest BCUT2D eigenvalue weighted by molar-refractivity contribution is 5.98. The Balaban J connectivity index is 2.27. The predicted octanol–water partition coefficient (Wildman–Crippen LogP) is 1.79. The van der Waals surface area contributed by atoms with E-state index in [0.717, 1.165) is 4.68 Å². The van der Waals surface area contributed by atoms with E-state index in [1.54, 1.807) is 48.8 Å². The molecule has 8 heteroatoms. The minimum atomic E-state index is -0.542. The molecule has 0 aliphatic rings. The number of aliphatic hydroxyl groups excluding tert-OH is 1. The summed E-state index contributed by atoms with van der Waals surface area (Å²) in [5.74, 6) is -0.365. The number of Topliss-reactive ketones (excluding diaryl/α,β-unsaturated/α-hetero) is 1. The number of anilines is 1. The van der Waals surface area contributed by atoms with Crippen LogP contribution in [0.1, 0.15) is 28.7 Å². The third kappa shape index (κ3) is 3.79. The van der Waals surface area contributed by atoms with Crippen molar-refractivity contribution in [3.05, 3.63) is 76.1 Å². The van der Waals surface area contributed by atoms with E-state index in [1.165, 1.54) is 6.92 Å². The highest BCUT2D eigenvalue weighted by Gasteiger charge is 2.21. The zero-order chi connectivity index (χ0) is 20.1. The van der Waals surface area contributed by atoms with Gasteiger partial charge in [0, 0.05) is 37.9 Å². The molecule has 0 saturated carbocycles. The van der Waals surface area contributed by atoms with Crippen molar-refractivity contribution in [3.8, 4) is 17.3 Å². The molecule has 140 valence electrons. The first-order valence-corrected chi connectivity index (χ1v) is 8.50. The Morgan fingerprint density at radius 1 is 1.29 bits per heavy atom. The molecule has 2 N–H and O–H groups in total. The lowest BCUT2D eigenvalue weighted by atomic mass is 10.1. The number of aliphatic hydroxyl groups is 1. The number of nitriles is 1. The van der Waals surface area contributed by atoms with Gasteiger partial charge in [-0.15, -0.1) is 0 Å². The van der Waals surface area contributed by atoms with Gasteiger partial charge in [0.1, 0.15) is 17.1 Å². The first kappa shape index (κ1) is 18.9. The Morgan fingerprint density at radius 2 is 2.04 bits per heavy atom. The number of carbonyl (C=O) groups is 1. The fraction of sp³-hybridized carbons (Fsp3) is 0.150. The molecular formula is C20H17N5O3. The summed E-state index contributed by atoms with van der Waals surface area (Å²) in [6.07, 6.45) is 3.16. The molecular weight excluding hydrogens is 358 g/mol. The average molecular weight is 375 g/mol. The number of ketones is 1. The monoisotopic (exact) mass is 375 g/mol. The molecule has 0 fully saturated rings. The SMILES string of the molecule is CC(=O)c1c(-c2ccncc2)nc(CCO)c(=O)n1Nc1cccc(C#N)c1. The molecule has 0 aliphatic heterocycles. The summed E-state index contributed by atoms with van der Waals surface area (Å²) in [5, 5.41) is 18.4. The Morgan fingerprint density at radius 3 is 2.68 bits per heavy atom. The van der Waals surface area contributed by atoms with Gasteiger partial charge in [0.15, 0.2) is 5.78 Å². The van der Waals surface area contributed by atoms with Crippen LogP contribution in [0.4, 0.5) is 5.69 Å². The van der Waals surface area contributed by atoms with Gasteiger partial charge in [-0.3, -0.25) is 20.0 Å². The molecule has 3 aromatic rings. The number of nitrogens with one attached hydrogen (secondary N) is 1. The van der Waals surface area contributed by atoms with Crippen LogP contribution >= 0.6 is 0 Å². The minimum Gasteiger partial charge on any atom is -0.396 e. The lowest BCUT2D eigenvalue weighted by Crippen LogP contribution is -2.35. The molecule has 0 saturated heterocycles. The standard InChI is InChI=1S/C20H17N5O3/c1-13(27)19-18(15-5-8-22-9-6-15)23-17(7-10-26)20(28)25(19)24-16-4-2-3-14(11-16)12-21/h2-6,8-9,11,24,26H,7,10H2,1H3. The highest BCUT2D eigenvalue weighted by Crippen LogP contribution is 2.21. The van der Waals surface area contributed by atoms with Gasteiger partial charge in [0.05, 0.1) is 17.3 Å². The van der Waals surface area contributed by atoms with Crippen molar-refractivity contribution in [1.82, 2.24) is 14.6 Å². The maximum absolute atomic E-state index is 12.9. The number of carbonyl (C=O) groups excluding carboxylic acids is 1. The maximum Gasteiger partial charge on any atom is 0.291 e. The normalized spacial score (nSPS) is 10.3. The number of nitrogens with zero attached hydrogens (tertiary/aromatic N) is 4. The molecule has 8 nitrogen and oxygen atoms in total. The molecule has 0 aliphatic carbocycles. The van der Waals surface area contributed by atoms with Crippen LogP contribution < -0.4 is 11.0 Å². The van der Waals surface area contributed by atoms with Crippen LogP contribution in [0.15, 0.2) is 53.6 Å². The van der Waals surface area contributed by atoms with Crippen molar-refractivity contribution in [1.29, 1.82) is 5.26 Å². The summed E-state index contributed by atoms with van der Waals surface area (Å²) in [7, 11) is 0. The fourth-order valence-electron chi connectivity index (χ4n) is 2.77. The summed E-state index contributed by atoms with van der Waals surface area (Å²) >= 11 is 0. The molecule has 0 unspecified atom stereocenters. The van der Waals surface area contributed by atoms with Crippen LogP contribution in [0.2, 0.25) is 0 Å². The van der Waals surface area contributed by atoms with Crippen LogP contribution in [-0.4, -0.2) is 32.1 Å². The van der Waals surface area contributed by atoms with Crippen molar-refractivity contribution in [2.75, 3.05) is 12.0 Å². The lowest BCUT2D eigenvalue weighted by molar-refractivity contribution is 0.100. The molecule has 0 bridgehead atoms. The van der Waals surface area contributed by atoms with Crippen LogP contribution in [0.3, 0.4) is 0 Å². The van der Waals surface area contributed by atoms with Crippen LogP contribution in [0.5, 0.6) is 0 Å². The maximum atomic E-state index is 12.9. The zero-order valence-corrected chi connectivity index (χ0v) is 15.1. The first-order valence-electron chi connectivity index (χ1n) is 8.50. The third-order valence-electron chi connectivity index (χ3n) is 4.01. The van der Waals surface area contributed by atoms with Crippen LogP contribution in [0.25, 0.3) is 11.3 Å². The van der Waals surface area contributed by atoms with Crippen molar-refractivity contribution in [2.45, 2.75) is 13.3 Å². The van der Waals surface area contributed by atoms with Crippen LogP contribution in [0, 0.1) is 11.3 Å². The highest BCUT2D eigenvalue weighted by atomic mass is 16.3. The minimum absolute atomic E-state index is 0.0367. The molecule has 28 heavy (non-hydrogen) atoms. The quantitative estimate of drug-likeness (QED) is 0.630. The summed E-state index contributed by atoms with van der Waals surface area (Å²) in [6.45, 7) is 1.08. The van der Waals surface area contributed by atoms with Gasteiger partial charge in [-0.25, -0.2) is 9.66 Å². The number of hydrogen-bond donors (Lipinski definition) is 2. The van der Waals surface area contributed by atoms with Crippen molar-refractivity contribution in [2.24, 2.45) is 0 Å². The zero-order valence-electron chi connectivity index (χ0n) is 15.1. The summed E-state index contributed by atoms with van der Waals surface area (Å²) < 4.78 is 1.12. The Kier molecular flexibility index (Phi) is 5.58. The molecule has 2 aromatic heterocycles. The van der Waals surface area contributed by atoms with Gasteiger partial charge in [-0.1, -0.05) is 6.07 Å². The second-order valence-electron chi connectivity index (χ2n) is 5.97. The van der Waals surface area contributed by atoms with E-state index in [9.17, 15) is 14.7 Å². The first-order chi connectivity index (χ1) is 13.5. The van der Waals surface area contributed by atoms with Gasteiger partial charge in [0.2, 0.25) is 0 Å². The van der Waals surface area contributed by atoms with Gasteiger partial charge in [0.25, 0.3) is 5.56 Å². The molecule has 0 radical (unpaired) electrons. The van der Waals surface area contributed by atoms with Gasteiger partial charge < -0.3 is 5.11 Å². The Hall–Kier alpha value is -3.83. The van der Waals surface area contributed by atoms with Crippen molar-refractivity contribution < 1.29 is 9.90 Å². The van der Waals surface area contributed by atoms with E-state index in [-0.39, 0.29) is 30.2 Å². The lowest BCUT2D eigenvalue weighted by Gasteiger charge is -2.18. The Labute approximate surface area is 160 Å². The van der Waals surface area contributed by atoms with E-state index >= 15 is 0 Å². The second-order valence-corrected chi connectivity index (χ2v) is 5.97. The van der Waals surface area contributed by atoms with Crippen molar-refractivity contribution in [3.63, 3.8) is 0 Å². The molecule has 0 atom stereocenters. The topological polar surface area (TPSA) is 121 Å². The molecule has 2 heterocycles. The second kappa shape index (κ2) is 8.24. The van der Waals surface area contributed by atoms with E-state index in [2.05, 4.69) is 15.4 Å². The van der Waals surface area contributed by atoms with E-state index in [4.69, 9.17) is 5.26 Å². The third-order valence-corrected chi connectivity index (χ3v) is 4.01. The predicted molar refractivity (Wildman–Crippen MR) is 103 cm³/mol. The van der Waals surface area contributed by atoms with E-state index < -0.39 is 5.56 Å². The van der Waals surface area contributed by atoms with Gasteiger partial charge >= 0.3 is 0 Å². The summed E-state index contributed by atoms with van der Waals surface area (Å²) in [5.41, 5.74) is 4.33. The number of benzene rings is 1. The van der Waals surface area contributed by atoms with E-state index in [1.807, 2.05) is 6.07 Å². The van der Waals surface area contributed by atoms with Gasteiger partial charge in [-0.05, 0) is 30.3 Å². The van der Waals surface area contributed by atoms with Crippen molar-refractivity contribution >= 4 is 11.5 Å². The smallest absolute Gasteiger partial charge is 0.291 e. The van der Waals surface area contributed by atoms with Crippen LogP contribution in [-0.2, 0) is 6.42 Å². The largest absolute Gasteiger partial charge is 0.396 e.